The lowest BCUT2D eigenvalue weighted by atomic mass is 9.95. The highest BCUT2D eigenvalue weighted by atomic mass is 16.5. The minimum atomic E-state index is -0.420. The molecule has 1 fully saturated rings. The standard InChI is InChI=1S/C18H28N2O3/c1-13(19)18(21)20-11-5-4-6-15(20)9-7-14-8-10-16(22-2)17(12-14)23-3/h8,10,12-13,15H,4-7,9,11,19H2,1-3H3/t13-,15+/m1/s1. The van der Waals surface area contributed by atoms with Crippen molar-refractivity contribution in [3.05, 3.63) is 23.8 Å². The summed E-state index contributed by atoms with van der Waals surface area (Å²) in [6, 6.07) is 5.87. The number of likely N-dealkylation sites (tertiary alicyclic amines) is 1. The van der Waals surface area contributed by atoms with Crippen LogP contribution in [0.2, 0.25) is 0 Å². The lowest BCUT2D eigenvalue weighted by Crippen LogP contribution is -2.49. The van der Waals surface area contributed by atoms with Crippen LogP contribution >= 0.6 is 0 Å². The van der Waals surface area contributed by atoms with Gasteiger partial charge in [-0.25, -0.2) is 0 Å². The maximum absolute atomic E-state index is 12.3. The van der Waals surface area contributed by atoms with Gasteiger partial charge < -0.3 is 20.1 Å². The van der Waals surface area contributed by atoms with Gasteiger partial charge in [-0.3, -0.25) is 4.79 Å². The van der Waals surface area contributed by atoms with E-state index >= 15 is 0 Å². The van der Waals surface area contributed by atoms with E-state index in [4.69, 9.17) is 15.2 Å². The van der Waals surface area contributed by atoms with Crippen LogP contribution in [0.1, 0.15) is 38.2 Å². The molecule has 0 spiro atoms. The summed E-state index contributed by atoms with van der Waals surface area (Å²) in [4.78, 5) is 14.2. The Labute approximate surface area is 138 Å². The highest BCUT2D eigenvalue weighted by Crippen LogP contribution is 2.29. The van der Waals surface area contributed by atoms with Crippen molar-refractivity contribution in [2.24, 2.45) is 5.73 Å². The first-order valence-electron chi connectivity index (χ1n) is 8.33. The Kier molecular flexibility index (Phi) is 6.28. The Balaban J connectivity index is 2.02. The molecule has 2 N–H and O–H groups in total. The Morgan fingerprint density at radius 1 is 1.30 bits per heavy atom. The van der Waals surface area contributed by atoms with Crippen LogP contribution in [-0.4, -0.2) is 43.7 Å². The Bertz CT molecular complexity index is 531. The van der Waals surface area contributed by atoms with Crippen LogP contribution in [0.15, 0.2) is 18.2 Å². The molecule has 0 saturated carbocycles. The zero-order valence-electron chi connectivity index (χ0n) is 14.4. The van der Waals surface area contributed by atoms with Gasteiger partial charge in [0.25, 0.3) is 0 Å². The molecule has 1 amide bonds. The van der Waals surface area contributed by atoms with Gasteiger partial charge in [-0.1, -0.05) is 6.07 Å². The fraction of sp³-hybridized carbons (Fsp3) is 0.611. The normalized spacial score (nSPS) is 19.3. The minimum Gasteiger partial charge on any atom is -0.493 e. The van der Waals surface area contributed by atoms with E-state index in [-0.39, 0.29) is 11.9 Å². The van der Waals surface area contributed by atoms with E-state index in [1.165, 1.54) is 12.0 Å². The zero-order chi connectivity index (χ0) is 16.8. The molecule has 1 aliphatic rings. The van der Waals surface area contributed by atoms with Crippen LogP contribution in [0.25, 0.3) is 0 Å². The Morgan fingerprint density at radius 3 is 2.70 bits per heavy atom. The van der Waals surface area contributed by atoms with E-state index in [9.17, 15) is 4.79 Å². The number of hydrogen-bond acceptors (Lipinski definition) is 4. The van der Waals surface area contributed by atoms with E-state index in [2.05, 4.69) is 6.07 Å². The molecule has 1 saturated heterocycles. The van der Waals surface area contributed by atoms with Crippen LogP contribution in [-0.2, 0) is 11.2 Å². The van der Waals surface area contributed by atoms with Crippen molar-refractivity contribution >= 4 is 5.91 Å². The molecule has 1 heterocycles. The third kappa shape index (κ3) is 4.38. The lowest BCUT2D eigenvalue weighted by Gasteiger charge is -2.37. The smallest absolute Gasteiger partial charge is 0.239 e. The molecule has 0 radical (unpaired) electrons. The van der Waals surface area contributed by atoms with Gasteiger partial charge in [-0.05, 0) is 56.7 Å². The summed E-state index contributed by atoms with van der Waals surface area (Å²) in [6.07, 6.45) is 5.18. The van der Waals surface area contributed by atoms with E-state index in [0.717, 1.165) is 43.7 Å². The third-order valence-corrected chi connectivity index (χ3v) is 4.51. The predicted octanol–water partition coefficient (Wildman–Crippen LogP) is 2.36. The van der Waals surface area contributed by atoms with Gasteiger partial charge in [0.15, 0.2) is 11.5 Å². The van der Waals surface area contributed by atoms with Crippen LogP contribution in [0.3, 0.4) is 0 Å². The second-order valence-corrected chi connectivity index (χ2v) is 6.20. The number of carbonyl (C=O) groups excluding carboxylic acids is 1. The second-order valence-electron chi connectivity index (χ2n) is 6.20. The van der Waals surface area contributed by atoms with Gasteiger partial charge in [0, 0.05) is 12.6 Å². The zero-order valence-corrected chi connectivity index (χ0v) is 14.4. The molecular formula is C18H28N2O3. The molecule has 128 valence electrons. The fourth-order valence-corrected chi connectivity index (χ4v) is 3.22. The summed E-state index contributed by atoms with van der Waals surface area (Å²) in [5.41, 5.74) is 6.98. The number of rotatable bonds is 6. The van der Waals surface area contributed by atoms with Gasteiger partial charge in [0.1, 0.15) is 0 Å². The number of carbonyl (C=O) groups is 1. The SMILES string of the molecule is COc1ccc(CC[C@@H]2CCCCN2C(=O)[C@@H](C)N)cc1OC. The number of piperidine rings is 1. The van der Waals surface area contributed by atoms with Crippen molar-refractivity contribution in [2.45, 2.75) is 51.1 Å². The molecule has 0 unspecified atom stereocenters. The van der Waals surface area contributed by atoms with Gasteiger partial charge in [-0.2, -0.15) is 0 Å². The summed E-state index contributed by atoms with van der Waals surface area (Å²) in [7, 11) is 3.28. The summed E-state index contributed by atoms with van der Waals surface area (Å²) in [6.45, 7) is 2.60. The number of nitrogens with zero attached hydrogens (tertiary/aromatic N) is 1. The van der Waals surface area contributed by atoms with Crippen LogP contribution in [0.5, 0.6) is 11.5 Å². The van der Waals surface area contributed by atoms with Crippen molar-refractivity contribution in [2.75, 3.05) is 20.8 Å². The highest BCUT2D eigenvalue weighted by Gasteiger charge is 2.28. The topological polar surface area (TPSA) is 64.8 Å². The summed E-state index contributed by atoms with van der Waals surface area (Å²) in [5.74, 6) is 1.56. The molecule has 2 rings (SSSR count). The Hall–Kier alpha value is -1.75. The van der Waals surface area contributed by atoms with Crippen LogP contribution < -0.4 is 15.2 Å². The van der Waals surface area contributed by atoms with Crippen molar-refractivity contribution in [3.8, 4) is 11.5 Å². The second kappa shape index (κ2) is 8.20. The number of aryl methyl sites for hydroxylation is 1. The number of hydrogen-bond donors (Lipinski definition) is 1. The van der Waals surface area contributed by atoms with Gasteiger partial charge in [-0.15, -0.1) is 0 Å². The average Bonchev–Trinajstić information content (AvgIpc) is 2.59. The van der Waals surface area contributed by atoms with E-state index in [0.29, 0.717) is 0 Å². The summed E-state index contributed by atoms with van der Waals surface area (Å²) in [5, 5.41) is 0. The molecule has 5 heteroatoms. The molecule has 5 nitrogen and oxygen atoms in total. The predicted molar refractivity (Wildman–Crippen MR) is 90.9 cm³/mol. The number of nitrogens with two attached hydrogens (primary N) is 1. The minimum absolute atomic E-state index is 0.0713. The van der Waals surface area contributed by atoms with E-state index in [1.54, 1.807) is 21.1 Å². The molecular weight excluding hydrogens is 292 g/mol. The quantitative estimate of drug-likeness (QED) is 0.874. The Morgan fingerprint density at radius 2 is 2.04 bits per heavy atom. The van der Waals surface area contributed by atoms with E-state index in [1.807, 2.05) is 17.0 Å². The molecule has 1 aliphatic heterocycles. The number of benzene rings is 1. The molecule has 23 heavy (non-hydrogen) atoms. The largest absolute Gasteiger partial charge is 0.493 e. The molecule has 1 aromatic rings. The molecule has 0 aliphatic carbocycles. The number of amides is 1. The first-order valence-corrected chi connectivity index (χ1v) is 8.33. The summed E-state index contributed by atoms with van der Waals surface area (Å²) < 4.78 is 10.6. The molecule has 2 atom stereocenters. The van der Waals surface area contributed by atoms with E-state index < -0.39 is 6.04 Å². The monoisotopic (exact) mass is 320 g/mol. The van der Waals surface area contributed by atoms with Crippen molar-refractivity contribution in [1.29, 1.82) is 0 Å². The van der Waals surface area contributed by atoms with Crippen molar-refractivity contribution < 1.29 is 14.3 Å². The average molecular weight is 320 g/mol. The molecule has 0 bridgehead atoms. The number of ether oxygens (including phenoxy) is 2. The maximum Gasteiger partial charge on any atom is 0.239 e. The highest BCUT2D eigenvalue weighted by molar-refractivity contribution is 5.81. The van der Waals surface area contributed by atoms with Crippen molar-refractivity contribution in [1.82, 2.24) is 4.90 Å². The fourth-order valence-electron chi connectivity index (χ4n) is 3.22. The van der Waals surface area contributed by atoms with Crippen LogP contribution in [0.4, 0.5) is 0 Å². The molecule has 0 aromatic heterocycles. The first kappa shape index (κ1) is 17.6. The molecule has 1 aromatic carbocycles. The van der Waals surface area contributed by atoms with Gasteiger partial charge in [0.05, 0.1) is 20.3 Å². The summed E-state index contributed by atoms with van der Waals surface area (Å²) >= 11 is 0. The van der Waals surface area contributed by atoms with Gasteiger partial charge >= 0.3 is 0 Å². The van der Waals surface area contributed by atoms with Gasteiger partial charge in [0.2, 0.25) is 5.91 Å². The lowest BCUT2D eigenvalue weighted by molar-refractivity contribution is -0.136. The van der Waals surface area contributed by atoms with Crippen LogP contribution in [0, 0.1) is 0 Å². The first-order chi connectivity index (χ1) is 11.1. The third-order valence-electron chi connectivity index (χ3n) is 4.51. The van der Waals surface area contributed by atoms with Crippen molar-refractivity contribution in [3.63, 3.8) is 0 Å². The number of methoxy groups -OCH3 is 2. The maximum atomic E-state index is 12.3.